The van der Waals surface area contributed by atoms with Gasteiger partial charge in [0.15, 0.2) is 11.5 Å². The normalized spacial score (nSPS) is 24.8. The molecule has 0 aliphatic heterocycles. The highest BCUT2D eigenvalue weighted by atomic mass is 16.5. The van der Waals surface area contributed by atoms with Crippen LogP contribution in [0.1, 0.15) is 44.3 Å². The molecule has 1 aromatic rings. The van der Waals surface area contributed by atoms with Crippen molar-refractivity contribution < 1.29 is 14.6 Å². The average Bonchev–Trinajstić information content (AvgIpc) is 2.46. The van der Waals surface area contributed by atoms with Crippen molar-refractivity contribution in [2.75, 3.05) is 14.2 Å². The Hall–Kier alpha value is -1.22. The maximum atomic E-state index is 10.5. The fourth-order valence-corrected chi connectivity index (χ4v) is 2.91. The first-order valence-corrected chi connectivity index (χ1v) is 7.05. The van der Waals surface area contributed by atoms with Crippen LogP contribution < -0.4 is 9.47 Å². The van der Waals surface area contributed by atoms with Gasteiger partial charge in [-0.05, 0) is 42.4 Å². The van der Waals surface area contributed by atoms with Crippen LogP contribution in [0.4, 0.5) is 0 Å². The second-order valence-corrected chi connectivity index (χ2v) is 5.58. The second kappa shape index (κ2) is 6.29. The summed E-state index contributed by atoms with van der Waals surface area (Å²) in [7, 11) is 3.24. The standard InChI is InChI=1S/C16H24O3/c1-11-4-6-12(7-5-11)16(17)13-8-9-14(18-2)15(10-13)19-3/h8-12,16-17H,4-7H2,1-3H3. The van der Waals surface area contributed by atoms with Crippen molar-refractivity contribution in [3.05, 3.63) is 23.8 Å². The molecule has 19 heavy (non-hydrogen) atoms. The highest BCUT2D eigenvalue weighted by molar-refractivity contribution is 5.43. The van der Waals surface area contributed by atoms with Gasteiger partial charge >= 0.3 is 0 Å². The molecule has 1 saturated carbocycles. The molecular weight excluding hydrogens is 240 g/mol. The summed E-state index contributed by atoms with van der Waals surface area (Å²) >= 11 is 0. The van der Waals surface area contributed by atoms with Crippen LogP contribution in [0.25, 0.3) is 0 Å². The van der Waals surface area contributed by atoms with Crippen LogP contribution in [0.5, 0.6) is 11.5 Å². The van der Waals surface area contributed by atoms with Crippen molar-refractivity contribution in [2.24, 2.45) is 11.8 Å². The predicted octanol–water partition coefficient (Wildman–Crippen LogP) is 3.56. The van der Waals surface area contributed by atoms with Crippen LogP contribution >= 0.6 is 0 Å². The Balaban J connectivity index is 2.12. The lowest BCUT2D eigenvalue weighted by Crippen LogP contribution is -2.19. The quantitative estimate of drug-likeness (QED) is 0.903. The fourth-order valence-electron chi connectivity index (χ4n) is 2.91. The van der Waals surface area contributed by atoms with Gasteiger partial charge in [-0.2, -0.15) is 0 Å². The van der Waals surface area contributed by atoms with E-state index in [0.29, 0.717) is 17.4 Å². The van der Waals surface area contributed by atoms with Crippen LogP contribution in [0, 0.1) is 11.8 Å². The van der Waals surface area contributed by atoms with Crippen LogP contribution in [-0.4, -0.2) is 19.3 Å². The third-order valence-corrected chi connectivity index (χ3v) is 4.26. The highest BCUT2D eigenvalue weighted by Crippen LogP contribution is 2.38. The predicted molar refractivity (Wildman–Crippen MR) is 75.6 cm³/mol. The van der Waals surface area contributed by atoms with E-state index >= 15 is 0 Å². The molecule has 0 amide bonds. The van der Waals surface area contributed by atoms with E-state index in [1.54, 1.807) is 14.2 Å². The van der Waals surface area contributed by atoms with Crippen LogP contribution in [0.2, 0.25) is 0 Å². The average molecular weight is 264 g/mol. The minimum atomic E-state index is -0.396. The van der Waals surface area contributed by atoms with Crippen molar-refractivity contribution in [1.82, 2.24) is 0 Å². The van der Waals surface area contributed by atoms with Gasteiger partial charge in [-0.25, -0.2) is 0 Å². The van der Waals surface area contributed by atoms with E-state index in [0.717, 1.165) is 24.3 Å². The molecule has 1 aliphatic rings. The van der Waals surface area contributed by atoms with Crippen LogP contribution in [0.15, 0.2) is 18.2 Å². The lowest BCUT2D eigenvalue weighted by atomic mass is 9.78. The first kappa shape index (κ1) is 14.2. The van der Waals surface area contributed by atoms with Gasteiger partial charge in [0.1, 0.15) is 0 Å². The molecule has 1 unspecified atom stereocenters. The lowest BCUT2D eigenvalue weighted by molar-refractivity contribution is 0.0753. The van der Waals surface area contributed by atoms with E-state index in [9.17, 15) is 5.11 Å². The lowest BCUT2D eigenvalue weighted by Gasteiger charge is -2.30. The highest BCUT2D eigenvalue weighted by Gasteiger charge is 2.26. The number of aliphatic hydroxyl groups excluding tert-OH is 1. The van der Waals surface area contributed by atoms with Gasteiger partial charge in [0.25, 0.3) is 0 Å². The minimum Gasteiger partial charge on any atom is -0.493 e. The molecule has 0 heterocycles. The summed E-state index contributed by atoms with van der Waals surface area (Å²) in [5, 5.41) is 10.5. The third-order valence-electron chi connectivity index (χ3n) is 4.26. The topological polar surface area (TPSA) is 38.7 Å². The van der Waals surface area contributed by atoms with E-state index < -0.39 is 6.10 Å². The molecule has 1 N–H and O–H groups in total. The van der Waals surface area contributed by atoms with E-state index in [4.69, 9.17) is 9.47 Å². The third kappa shape index (κ3) is 3.21. The SMILES string of the molecule is COc1ccc(C(O)C2CCC(C)CC2)cc1OC. The number of aliphatic hydroxyl groups is 1. The Morgan fingerprint density at radius 1 is 1.05 bits per heavy atom. The van der Waals surface area contributed by atoms with Crippen molar-refractivity contribution in [3.63, 3.8) is 0 Å². The zero-order valence-electron chi connectivity index (χ0n) is 12.1. The van der Waals surface area contributed by atoms with E-state index in [1.807, 2.05) is 18.2 Å². The fraction of sp³-hybridized carbons (Fsp3) is 0.625. The Labute approximate surface area is 115 Å². The smallest absolute Gasteiger partial charge is 0.161 e. The van der Waals surface area contributed by atoms with E-state index in [1.165, 1.54) is 12.8 Å². The molecule has 0 radical (unpaired) electrons. The second-order valence-electron chi connectivity index (χ2n) is 5.58. The molecule has 0 bridgehead atoms. The summed E-state index contributed by atoms with van der Waals surface area (Å²) in [6.07, 6.45) is 4.25. The summed E-state index contributed by atoms with van der Waals surface area (Å²) in [6, 6.07) is 5.69. The number of ether oxygens (including phenoxy) is 2. The summed E-state index contributed by atoms with van der Waals surface area (Å²) in [5.41, 5.74) is 0.928. The largest absolute Gasteiger partial charge is 0.493 e. The molecule has 106 valence electrons. The minimum absolute atomic E-state index is 0.370. The van der Waals surface area contributed by atoms with Gasteiger partial charge in [-0.3, -0.25) is 0 Å². The Bertz CT molecular complexity index is 408. The van der Waals surface area contributed by atoms with E-state index in [-0.39, 0.29) is 0 Å². The molecule has 3 nitrogen and oxygen atoms in total. The summed E-state index contributed by atoms with van der Waals surface area (Å²) in [4.78, 5) is 0. The number of hydrogen-bond acceptors (Lipinski definition) is 3. The molecule has 1 aliphatic carbocycles. The van der Waals surface area contributed by atoms with Gasteiger partial charge in [-0.15, -0.1) is 0 Å². The van der Waals surface area contributed by atoms with E-state index in [2.05, 4.69) is 6.92 Å². The Morgan fingerprint density at radius 2 is 1.68 bits per heavy atom. The number of hydrogen-bond donors (Lipinski definition) is 1. The molecule has 0 saturated heterocycles. The van der Waals surface area contributed by atoms with Gasteiger partial charge in [-0.1, -0.05) is 25.8 Å². The molecule has 1 aromatic carbocycles. The summed E-state index contributed by atoms with van der Waals surface area (Å²) < 4.78 is 10.5. The molecule has 1 fully saturated rings. The number of rotatable bonds is 4. The number of methoxy groups -OCH3 is 2. The maximum absolute atomic E-state index is 10.5. The molecule has 0 aromatic heterocycles. The molecule has 2 rings (SSSR count). The first-order valence-electron chi connectivity index (χ1n) is 7.05. The zero-order valence-corrected chi connectivity index (χ0v) is 12.1. The number of benzene rings is 1. The van der Waals surface area contributed by atoms with Crippen molar-refractivity contribution in [2.45, 2.75) is 38.7 Å². The Morgan fingerprint density at radius 3 is 2.26 bits per heavy atom. The Kier molecular flexibility index (Phi) is 4.70. The van der Waals surface area contributed by atoms with Gasteiger partial charge in [0, 0.05) is 0 Å². The van der Waals surface area contributed by atoms with Gasteiger partial charge < -0.3 is 14.6 Å². The summed E-state index contributed by atoms with van der Waals surface area (Å²) in [6.45, 7) is 2.29. The zero-order chi connectivity index (χ0) is 13.8. The van der Waals surface area contributed by atoms with Crippen molar-refractivity contribution >= 4 is 0 Å². The van der Waals surface area contributed by atoms with Gasteiger partial charge in [0.2, 0.25) is 0 Å². The van der Waals surface area contributed by atoms with Gasteiger partial charge in [0.05, 0.1) is 20.3 Å². The summed E-state index contributed by atoms with van der Waals surface area (Å²) in [5.74, 6) is 2.56. The monoisotopic (exact) mass is 264 g/mol. The van der Waals surface area contributed by atoms with Crippen molar-refractivity contribution in [1.29, 1.82) is 0 Å². The molecular formula is C16H24O3. The molecule has 3 heteroatoms. The first-order chi connectivity index (χ1) is 9.15. The molecule has 0 spiro atoms. The maximum Gasteiger partial charge on any atom is 0.161 e. The van der Waals surface area contributed by atoms with Crippen LogP contribution in [0.3, 0.4) is 0 Å². The van der Waals surface area contributed by atoms with Crippen molar-refractivity contribution in [3.8, 4) is 11.5 Å². The van der Waals surface area contributed by atoms with Crippen LogP contribution in [-0.2, 0) is 0 Å². The molecule has 1 atom stereocenters.